The van der Waals surface area contributed by atoms with Crippen molar-refractivity contribution in [2.24, 2.45) is 4.99 Å². The molecule has 2 N–H and O–H groups in total. The van der Waals surface area contributed by atoms with E-state index in [0.29, 0.717) is 36.2 Å². The Bertz CT molecular complexity index is 1070. The van der Waals surface area contributed by atoms with Crippen LogP contribution in [0.2, 0.25) is 0 Å². The molecule has 3 rings (SSSR count). The molecule has 1 heterocycles. The van der Waals surface area contributed by atoms with E-state index in [1.54, 1.807) is 43.4 Å². The quantitative estimate of drug-likeness (QED) is 0.233. The second-order valence-corrected chi connectivity index (χ2v) is 7.51. The Balaban J connectivity index is 0.00000408. The molecule has 0 atom stereocenters. The number of benzene rings is 2. The molecular weight excluding hydrogens is 548 g/mol. The first-order valence-electron chi connectivity index (χ1n) is 10.7. The number of guanidine groups is 1. The van der Waals surface area contributed by atoms with Gasteiger partial charge in [0.05, 0.1) is 6.54 Å². The highest BCUT2D eigenvalue weighted by atomic mass is 127. The monoisotopic (exact) mass is 577 g/mol. The Morgan fingerprint density at radius 1 is 1.00 bits per heavy atom. The zero-order valence-electron chi connectivity index (χ0n) is 19.4. The number of ether oxygens (including phenoxy) is 1. The summed E-state index contributed by atoms with van der Waals surface area (Å²) in [5.74, 6) is 1.29. The van der Waals surface area contributed by atoms with Gasteiger partial charge < -0.3 is 20.3 Å². The van der Waals surface area contributed by atoms with Gasteiger partial charge in [-0.2, -0.15) is 0 Å². The highest BCUT2D eigenvalue weighted by Gasteiger charge is 2.07. The number of nitrogens with one attached hydrogen (secondary N) is 2. The molecular formula is C25H29FIN5O2. The van der Waals surface area contributed by atoms with Crippen LogP contribution >= 0.6 is 24.0 Å². The van der Waals surface area contributed by atoms with Gasteiger partial charge in [-0.1, -0.05) is 18.2 Å². The number of aliphatic imine (C=N–C) groups is 1. The van der Waals surface area contributed by atoms with E-state index >= 15 is 0 Å². The highest BCUT2D eigenvalue weighted by Crippen LogP contribution is 2.19. The van der Waals surface area contributed by atoms with Gasteiger partial charge in [-0.05, 0) is 54.4 Å². The number of carbonyl (C=O) groups is 1. The van der Waals surface area contributed by atoms with Gasteiger partial charge in [-0.15, -0.1) is 24.0 Å². The summed E-state index contributed by atoms with van der Waals surface area (Å²) in [6, 6.07) is 16.9. The minimum Gasteiger partial charge on any atom is -0.439 e. The predicted octanol–water partition coefficient (Wildman–Crippen LogP) is 4.59. The first kappa shape index (κ1) is 27.0. The Hall–Kier alpha value is -3.21. The van der Waals surface area contributed by atoms with Crippen LogP contribution in [0, 0.1) is 5.82 Å². The summed E-state index contributed by atoms with van der Waals surface area (Å²) in [4.78, 5) is 22.5. The van der Waals surface area contributed by atoms with E-state index in [2.05, 4.69) is 20.6 Å². The average molecular weight is 577 g/mol. The molecule has 3 aromatic rings. The van der Waals surface area contributed by atoms with E-state index in [4.69, 9.17) is 4.74 Å². The van der Waals surface area contributed by atoms with Crippen LogP contribution in [0.4, 0.5) is 4.39 Å². The van der Waals surface area contributed by atoms with Crippen LogP contribution in [0.1, 0.15) is 28.4 Å². The van der Waals surface area contributed by atoms with Crippen molar-refractivity contribution in [1.82, 2.24) is 20.5 Å². The lowest BCUT2D eigenvalue weighted by Crippen LogP contribution is -2.36. The molecule has 0 aliphatic rings. The molecule has 0 saturated carbocycles. The van der Waals surface area contributed by atoms with Crippen molar-refractivity contribution >= 4 is 35.8 Å². The van der Waals surface area contributed by atoms with Crippen LogP contribution in [0.15, 0.2) is 71.9 Å². The van der Waals surface area contributed by atoms with E-state index < -0.39 is 0 Å². The average Bonchev–Trinajstić information content (AvgIpc) is 2.83. The molecule has 0 aliphatic heterocycles. The molecule has 0 saturated heterocycles. The SMILES string of the molecule is CCNC(=NCc1ccc(Oc2ccc(F)cc2)nc1)NCc1ccc(C(=O)N(C)C)cc1.I. The maximum absolute atomic E-state index is 13.0. The summed E-state index contributed by atoms with van der Waals surface area (Å²) >= 11 is 0. The number of pyridine rings is 1. The van der Waals surface area contributed by atoms with E-state index in [-0.39, 0.29) is 35.7 Å². The molecule has 1 amide bonds. The predicted molar refractivity (Wildman–Crippen MR) is 142 cm³/mol. The number of halogens is 2. The van der Waals surface area contributed by atoms with Gasteiger partial charge in [-0.25, -0.2) is 14.4 Å². The van der Waals surface area contributed by atoms with Crippen LogP contribution in [0.25, 0.3) is 0 Å². The van der Waals surface area contributed by atoms with Crippen molar-refractivity contribution in [3.05, 3.63) is 89.4 Å². The van der Waals surface area contributed by atoms with Crippen LogP contribution in [-0.4, -0.2) is 42.4 Å². The first-order valence-corrected chi connectivity index (χ1v) is 10.7. The zero-order valence-corrected chi connectivity index (χ0v) is 21.7. The summed E-state index contributed by atoms with van der Waals surface area (Å²) in [5.41, 5.74) is 2.62. The lowest BCUT2D eigenvalue weighted by Gasteiger charge is -2.13. The molecule has 1 aromatic heterocycles. The number of hydrogen-bond donors (Lipinski definition) is 2. The minimum absolute atomic E-state index is 0. The molecule has 0 aliphatic carbocycles. The van der Waals surface area contributed by atoms with Crippen LogP contribution < -0.4 is 15.4 Å². The van der Waals surface area contributed by atoms with Crippen molar-refractivity contribution < 1.29 is 13.9 Å². The molecule has 180 valence electrons. The van der Waals surface area contributed by atoms with Crippen LogP contribution in [0.5, 0.6) is 11.6 Å². The molecule has 0 bridgehead atoms. The smallest absolute Gasteiger partial charge is 0.253 e. The van der Waals surface area contributed by atoms with Gasteiger partial charge in [0.15, 0.2) is 5.96 Å². The normalized spacial score (nSPS) is 10.8. The fourth-order valence-electron chi connectivity index (χ4n) is 2.91. The number of rotatable bonds is 8. The highest BCUT2D eigenvalue weighted by molar-refractivity contribution is 14.0. The number of nitrogens with zero attached hydrogens (tertiary/aromatic N) is 3. The Labute approximate surface area is 216 Å². The number of hydrogen-bond acceptors (Lipinski definition) is 4. The summed E-state index contributed by atoms with van der Waals surface area (Å²) in [7, 11) is 3.47. The topological polar surface area (TPSA) is 78.9 Å². The lowest BCUT2D eigenvalue weighted by molar-refractivity contribution is 0.0827. The summed E-state index contributed by atoms with van der Waals surface area (Å²) in [6.45, 7) is 3.74. The van der Waals surface area contributed by atoms with Crippen molar-refractivity contribution in [2.75, 3.05) is 20.6 Å². The number of aromatic nitrogens is 1. The lowest BCUT2D eigenvalue weighted by atomic mass is 10.1. The zero-order chi connectivity index (χ0) is 23.6. The summed E-state index contributed by atoms with van der Waals surface area (Å²) < 4.78 is 18.6. The molecule has 2 aromatic carbocycles. The maximum atomic E-state index is 13.0. The molecule has 34 heavy (non-hydrogen) atoms. The largest absolute Gasteiger partial charge is 0.439 e. The summed E-state index contributed by atoms with van der Waals surface area (Å²) in [5, 5.41) is 6.51. The Kier molecular flexibility index (Phi) is 10.7. The van der Waals surface area contributed by atoms with Crippen molar-refractivity contribution in [1.29, 1.82) is 0 Å². The van der Waals surface area contributed by atoms with Crippen molar-refractivity contribution in [3.8, 4) is 11.6 Å². The Morgan fingerprint density at radius 2 is 1.68 bits per heavy atom. The van der Waals surface area contributed by atoms with E-state index in [1.807, 2.05) is 37.3 Å². The first-order chi connectivity index (χ1) is 15.9. The van der Waals surface area contributed by atoms with Gasteiger partial charge in [0, 0.05) is 45.0 Å². The third kappa shape index (κ3) is 8.29. The van der Waals surface area contributed by atoms with Crippen LogP contribution in [0.3, 0.4) is 0 Å². The molecule has 9 heteroatoms. The van der Waals surface area contributed by atoms with E-state index in [9.17, 15) is 9.18 Å². The van der Waals surface area contributed by atoms with E-state index in [0.717, 1.165) is 17.7 Å². The molecule has 0 spiro atoms. The van der Waals surface area contributed by atoms with E-state index in [1.165, 1.54) is 12.1 Å². The fraction of sp³-hybridized carbons (Fsp3) is 0.240. The molecule has 0 fully saturated rings. The number of carbonyl (C=O) groups excluding carboxylic acids is 1. The molecule has 7 nitrogen and oxygen atoms in total. The van der Waals surface area contributed by atoms with Crippen molar-refractivity contribution in [3.63, 3.8) is 0 Å². The fourth-order valence-corrected chi connectivity index (χ4v) is 2.91. The van der Waals surface area contributed by atoms with Gasteiger partial charge in [0.1, 0.15) is 11.6 Å². The van der Waals surface area contributed by atoms with Gasteiger partial charge >= 0.3 is 0 Å². The maximum Gasteiger partial charge on any atom is 0.253 e. The third-order valence-electron chi connectivity index (χ3n) is 4.66. The second-order valence-electron chi connectivity index (χ2n) is 7.51. The van der Waals surface area contributed by atoms with Gasteiger partial charge in [-0.3, -0.25) is 4.79 Å². The minimum atomic E-state index is -0.315. The van der Waals surface area contributed by atoms with Crippen molar-refractivity contribution in [2.45, 2.75) is 20.0 Å². The molecule has 0 radical (unpaired) electrons. The standard InChI is InChI=1S/C25H28FN5O2.HI/c1-4-27-25(29-15-18-5-8-20(9-6-18)24(32)31(2)3)30-17-19-7-14-23(28-16-19)33-22-12-10-21(26)11-13-22;/h5-14,16H,4,15,17H2,1-3H3,(H2,27,29,30);1H. The third-order valence-corrected chi connectivity index (χ3v) is 4.66. The van der Waals surface area contributed by atoms with Gasteiger partial charge in [0.2, 0.25) is 5.88 Å². The molecule has 0 unspecified atom stereocenters. The second kappa shape index (κ2) is 13.5. The number of amides is 1. The summed E-state index contributed by atoms with van der Waals surface area (Å²) in [6.07, 6.45) is 1.70. The Morgan fingerprint density at radius 3 is 2.26 bits per heavy atom. The van der Waals surface area contributed by atoms with Crippen LogP contribution in [-0.2, 0) is 13.1 Å². The van der Waals surface area contributed by atoms with Gasteiger partial charge in [0.25, 0.3) is 5.91 Å².